The van der Waals surface area contributed by atoms with Crippen molar-refractivity contribution in [1.29, 1.82) is 0 Å². The summed E-state index contributed by atoms with van der Waals surface area (Å²) in [6.07, 6.45) is 1.57. The molecule has 1 N–H and O–H groups in total. The van der Waals surface area contributed by atoms with Gasteiger partial charge in [-0.2, -0.15) is 5.10 Å². The summed E-state index contributed by atoms with van der Waals surface area (Å²) >= 11 is 0. The number of aldehydes is 1. The summed E-state index contributed by atoms with van der Waals surface area (Å²) in [4.78, 5) is 19.7. The maximum absolute atomic E-state index is 10.3. The SMILES string of the molecule is O=C/C=N\Nc1ccc([N+](=O)[O-])cc1. The second-order valence-electron chi connectivity index (χ2n) is 2.33. The first-order valence-electron chi connectivity index (χ1n) is 3.71. The van der Waals surface area contributed by atoms with Gasteiger partial charge >= 0.3 is 0 Å². The Morgan fingerprint density at radius 1 is 1.36 bits per heavy atom. The molecular formula is C8H7N3O3. The lowest BCUT2D eigenvalue weighted by molar-refractivity contribution is -0.384. The molecule has 0 radical (unpaired) electrons. The monoisotopic (exact) mass is 193 g/mol. The minimum Gasteiger partial charge on any atom is -0.297 e. The zero-order chi connectivity index (χ0) is 10.4. The Kier molecular flexibility index (Phi) is 3.31. The summed E-state index contributed by atoms with van der Waals surface area (Å²) in [5.41, 5.74) is 3.11. The van der Waals surface area contributed by atoms with Crippen LogP contribution in [-0.4, -0.2) is 17.4 Å². The lowest BCUT2D eigenvalue weighted by Crippen LogP contribution is -1.91. The van der Waals surface area contributed by atoms with E-state index in [1.54, 1.807) is 0 Å². The Bertz CT molecular complexity index is 359. The summed E-state index contributed by atoms with van der Waals surface area (Å²) < 4.78 is 0. The van der Waals surface area contributed by atoms with Gasteiger partial charge in [0.05, 0.1) is 16.8 Å². The molecule has 1 aromatic carbocycles. The quantitative estimate of drug-likeness (QED) is 0.337. The van der Waals surface area contributed by atoms with Gasteiger partial charge in [0.2, 0.25) is 0 Å². The van der Waals surface area contributed by atoms with E-state index >= 15 is 0 Å². The van der Waals surface area contributed by atoms with Crippen molar-refractivity contribution in [3.8, 4) is 0 Å². The van der Waals surface area contributed by atoms with Crippen LogP contribution in [0.1, 0.15) is 0 Å². The van der Waals surface area contributed by atoms with Gasteiger partial charge in [-0.25, -0.2) is 0 Å². The summed E-state index contributed by atoms with van der Waals surface area (Å²) in [7, 11) is 0. The first-order valence-corrected chi connectivity index (χ1v) is 3.71. The van der Waals surface area contributed by atoms with Crippen LogP contribution in [0, 0.1) is 10.1 Å². The van der Waals surface area contributed by atoms with Crippen molar-refractivity contribution in [2.45, 2.75) is 0 Å². The first-order chi connectivity index (χ1) is 6.74. The fraction of sp³-hybridized carbons (Fsp3) is 0. The van der Waals surface area contributed by atoms with E-state index in [2.05, 4.69) is 10.5 Å². The third-order valence-corrected chi connectivity index (χ3v) is 1.41. The lowest BCUT2D eigenvalue weighted by atomic mass is 10.3. The number of carbonyl (C=O) groups is 1. The lowest BCUT2D eigenvalue weighted by Gasteiger charge is -1.97. The molecule has 0 unspecified atom stereocenters. The number of nitrogens with zero attached hydrogens (tertiary/aromatic N) is 2. The van der Waals surface area contributed by atoms with Gasteiger partial charge < -0.3 is 0 Å². The zero-order valence-corrected chi connectivity index (χ0v) is 7.08. The predicted octanol–water partition coefficient (Wildman–Crippen LogP) is 1.19. The Balaban J connectivity index is 2.68. The molecule has 0 aliphatic heterocycles. The van der Waals surface area contributed by atoms with Crippen molar-refractivity contribution in [2.75, 3.05) is 5.43 Å². The largest absolute Gasteiger partial charge is 0.297 e. The molecule has 0 heterocycles. The molecule has 0 saturated carbocycles. The fourth-order valence-electron chi connectivity index (χ4n) is 0.800. The number of anilines is 1. The van der Waals surface area contributed by atoms with Crippen LogP contribution in [-0.2, 0) is 4.79 Å². The molecule has 1 rings (SSSR count). The molecule has 0 fully saturated rings. The van der Waals surface area contributed by atoms with Crippen LogP contribution in [0.2, 0.25) is 0 Å². The zero-order valence-electron chi connectivity index (χ0n) is 7.08. The van der Waals surface area contributed by atoms with Crippen LogP contribution in [0.4, 0.5) is 11.4 Å². The van der Waals surface area contributed by atoms with E-state index in [0.717, 1.165) is 6.21 Å². The molecule has 1 aromatic rings. The van der Waals surface area contributed by atoms with Crippen molar-refractivity contribution >= 4 is 23.9 Å². The molecule has 0 atom stereocenters. The molecular weight excluding hydrogens is 186 g/mol. The molecule has 0 aliphatic carbocycles. The minimum absolute atomic E-state index is 0.00918. The van der Waals surface area contributed by atoms with Gasteiger partial charge in [0, 0.05) is 12.1 Å². The molecule has 72 valence electrons. The molecule has 0 aromatic heterocycles. The minimum atomic E-state index is -0.488. The standard InChI is InChI=1S/C8H7N3O3/c12-6-5-9-10-7-1-3-8(4-2-7)11(13)14/h1-6,10H/b9-5-. The van der Waals surface area contributed by atoms with Gasteiger partial charge in [0.15, 0.2) is 6.29 Å². The van der Waals surface area contributed by atoms with Crippen molar-refractivity contribution in [3.05, 3.63) is 34.4 Å². The van der Waals surface area contributed by atoms with Gasteiger partial charge in [0.1, 0.15) is 0 Å². The second-order valence-corrected chi connectivity index (χ2v) is 2.33. The highest BCUT2D eigenvalue weighted by Crippen LogP contribution is 2.14. The maximum atomic E-state index is 10.3. The van der Waals surface area contributed by atoms with E-state index in [9.17, 15) is 14.9 Å². The number of non-ortho nitro benzene ring substituents is 1. The summed E-state index contributed by atoms with van der Waals surface area (Å²) in [6, 6.07) is 5.69. The molecule has 0 saturated heterocycles. The highest BCUT2D eigenvalue weighted by Gasteiger charge is 2.02. The molecule has 0 bridgehead atoms. The molecule has 6 heteroatoms. The van der Waals surface area contributed by atoms with Gasteiger partial charge in [-0.1, -0.05) is 0 Å². The van der Waals surface area contributed by atoms with Crippen LogP contribution in [0.25, 0.3) is 0 Å². The molecule has 6 nitrogen and oxygen atoms in total. The maximum Gasteiger partial charge on any atom is 0.269 e. The number of nitro benzene ring substituents is 1. The average Bonchev–Trinajstić information content (AvgIpc) is 2.19. The van der Waals surface area contributed by atoms with Gasteiger partial charge in [-0.15, -0.1) is 0 Å². The number of carbonyl (C=O) groups excluding carboxylic acids is 1. The van der Waals surface area contributed by atoms with Crippen LogP contribution < -0.4 is 5.43 Å². The predicted molar refractivity (Wildman–Crippen MR) is 51.3 cm³/mol. The van der Waals surface area contributed by atoms with Crippen LogP contribution >= 0.6 is 0 Å². The van der Waals surface area contributed by atoms with E-state index in [4.69, 9.17) is 0 Å². The number of nitro groups is 1. The fourth-order valence-corrected chi connectivity index (χ4v) is 0.800. The third-order valence-electron chi connectivity index (χ3n) is 1.41. The molecule has 0 amide bonds. The number of benzene rings is 1. The normalized spacial score (nSPS) is 10.0. The topological polar surface area (TPSA) is 84.6 Å². The van der Waals surface area contributed by atoms with E-state index < -0.39 is 4.92 Å². The van der Waals surface area contributed by atoms with Crippen LogP contribution in [0.3, 0.4) is 0 Å². The van der Waals surface area contributed by atoms with Crippen LogP contribution in [0.15, 0.2) is 29.4 Å². The smallest absolute Gasteiger partial charge is 0.269 e. The Hall–Kier alpha value is -2.24. The van der Waals surface area contributed by atoms with Crippen LogP contribution in [0.5, 0.6) is 0 Å². The van der Waals surface area contributed by atoms with Crippen molar-refractivity contribution in [1.82, 2.24) is 0 Å². The molecule has 0 spiro atoms. The van der Waals surface area contributed by atoms with E-state index in [0.29, 0.717) is 12.0 Å². The summed E-state index contributed by atoms with van der Waals surface area (Å²) in [5.74, 6) is 0. The summed E-state index contributed by atoms with van der Waals surface area (Å²) in [6.45, 7) is 0. The van der Waals surface area contributed by atoms with Crippen molar-refractivity contribution < 1.29 is 9.72 Å². The second kappa shape index (κ2) is 4.70. The first kappa shape index (κ1) is 9.85. The third kappa shape index (κ3) is 2.67. The van der Waals surface area contributed by atoms with Gasteiger partial charge in [-0.05, 0) is 12.1 Å². The van der Waals surface area contributed by atoms with Crippen molar-refractivity contribution in [3.63, 3.8) is 0 Å². The highest BCUT2D eigenvalue weighted by atomic mass is 16.6. The van der Waals surface area contributed by atoms with Crippen molar-refractivity contribution in [2.24, 2.45) is 5.10 Å². The number of nitrogens with one attached hydrogen (secondary N) is 1. The molecule has 14 heavy (non-hydrogen) atoms. The number of hydrogen-bond donors (Lipinski definition) is 1. The van der Waals surface area contributed by atoms with Gasteiger partial charge in [0.25, 0.3) is 5.69 Å². The van der Waals surface area contributed by atoms with E-state index in [1.807, 2.05) is 0 Å². The number of hydrogen-bond acceptors (Lipinski definition) is 5. The summed E-state index contributed by atoms with van der Waals surface area (Å²) in [5, 5.41) is 13.8. The van der Waals surface area contributed by atoms with Gasteiger partial charge in [-0.3, -0.25) is 20.3 Å². The number of hydrazone groups is 1. The van der Waals surface area contributed by atoms with E-state index in [-0.39, 0.29) is 5.69 Å². The van der Waals surface area contributed by atoms with E-state index in [1.165, 1.54) is 24.3 Å². The Morgan fingerprint density at radius 2 is 2.00 bits per heavy atom. The number of rotatable bonds is 4. The average molecular weight is 193 g/mol. The highest BCUT2D eigenvalue weighted by molar-refractivity contribution is 6.13. The Morgan fingerprint density at radius 3 is 2.50 bits per heavy atom. The Labute approximate surface area is 79.4 Å². The molecule has 0 aliphatic rings.